The first-order valence-electron chi connectivity index (χ1n) is 7.68. The van der Waals surface area contributed by atoms with E-state index in [1.54, 1.807) is 0 Å². The molecule has 3 heteroatoms. The molecule has 0 saturated heterocycles. The minimum Gasteiger partial charge on any atom is -1.00 e. The van der Waals surface area contributed by atoms with Crippen LogP contribution in [0, 0.1) is 20.8 Å². The van der Waals surface area contributed by atoms with E-state index < -0.39 is 0 Å². The van der Waals surface area contributed by atoms with Gasteiger partial charge in [-0.05, 0) is 56.8 Å². The third-order valence-corrected chi connectivity index (χ3v) is 5.03. The topological polar surface area (TPSA) is 17.1 Å². The van der Waals surface area contributed by atoms with Crippen molar-refractivity contribution in [3.8, 4) is 0 Å². The normalized spacial score (nSPS) is 11.6. The summed E-state index contributed by atoms with van der Waals surface area (Å²) in [4.78, 5) is 12.7. The molecule has 1 nitrogen and oxygen atoms in total. The van der Waals surface area contributed by atoms with Gasteiger partial charge in [0.1, 0.15) is 0 Å². The van der Waals surface area contributed by atoms with E-state index in [-0.39, 0.29) is 39.8 Å². The van der Waals surface area contributed by atoms with Crippen molar-refractivity contribution in [2.24, 2.45) is 0 Å². The molecule has 1 unspecified atom stereocenters. The van der Waals surface area contributed by atoms with E-state index in [0.717, 1.165) is 22.0 Å². The quantitative estimate of drug-likeness (QED) is 0.626. The van der Waals surface area contributed by atoms with Crippen LogP contribution in [0.3, 0.4) is 0 Å². The van der Waals surface area contributed by atoms with E-state index in [0.29, 0.717) is 0 Å². The fourth-order valence-electron chi connectivity index (χ4n) is 2.59. The first-order chi connectivity index (χ1) is 10.2. The Morgan fingerprint density at radius 3 is 1.87 bits per heavy atom. The average molecular weight is 320 g/mol. The maximum atomic E-state index is 12.7. The summed E-state index contributed by atoms with van der Waals surface area (Å²) < 4.78 is 0. The van der Waals surface area contributed by atoms with Crippen LogP contribution in [0.15, 0.2) is 36.4 Å². The number of benzene rings is 2. The zero-order valence-electron chi connectivity index (χ0n) is 16.4. The second-order valence-corrected chi connectivity index (χ2v) is 8.34. The molecule has 0 heterocycles. The summed E-state index contributed by atoms with van der Waals surface area (Å²) in [6, 6.07) is 12.6. The molecule has 0 aromatic heterocycles. The molecule has 23 heavy (non-hydrogen) atoms. The zero-order chi connectivity index (χ0) is 16.5. The van der Waals surface area contributed by atoms with E-state index in [4.69, 9.17) is 0 Å². The first kappa shape index (κ1) is 20.2. The molecule has 1 atom stereocenters. The Kier molecular flexibility index (Phi) is 6.85. The van der Waals surface area contributed by atoms with Crippen molar-refractivity contribution in [3.63, 3.8) is 0 Å². The van der Waals surface area contributed by atoms with Crippen LogP contribution in [0.5, 0.6) is 0 Å². The van der Waals surface area contributed by atoms with Gasteiger partial charge in [-0.3, -0.25) is 4.79 Å². The van der Waals surface area contributed by atoms with Gasteiger partial charge in [-0.15, -0.1) is 0 Å². The molecule has 0 bridgehead atoms. The molecule has 0 radical (unpaired) electrons. The number of rotatable bonds is 3. The van der Waals surface area contributed by atoms with Crippen molar-refractivity contribution >= 4 is 19.4 Å². The average Bonchev–Trinajstić information content (AvgIpc) is 2.39. The minimum atomic E-state index is 0. The van der Waals surface area contributed by atoms with Crippen molar-refractivity contribution in [2.45, 2.75) is 47.0 Å². The van der Waals surface area contributed by atoms with Crippen LogP contribution in [0.2, 0.25) is 0 Å². The van der Waals surface area contributed by atoms with E-state index >= 15 is 0 Å². The van der Waals surface area contributed by atoms with Crippen LogP contribution in [-0.2, 0) is 5.41 Å². The maximum absolute atomic E-state index is 12.7. The SMILES string of the molecule is Cc1ccc(PC(=O)c2c(C)cc(C(C)(C)C)cc2C)cc1.[H-].[Li+]. The second-order valence-electron chi connectivity index (χ2n) is 7.06. The summed E-state index contributed by atoms with van der Waals surface area (Å²) in [6.45, 7) is 12.8. The predicted octanol–water partition coefficient (Wildman–Crippen LogP) is 2.17. The Labute approximate surface area is 155 Å². The number of carbonyl (C=O) groups is 1. The van der Waals surface area contributed by atoms with Gasteiger partial charge in [-0.1, -0.05) is 62.7 Å². The zero-order valence-corrected chi connectivity index (χ0v) is 16.4. The van der Waals surface area contributed by atoms with Crippen LogP contribution in [0.1, 0.15) is 54.8 Å². The van der Waals surface area contributed by atoms with E-state index in [1.807, 2.05) is 0 Å². The smallest absolute Gasteiger partial charge is 1.00 e. The summed E-state index contributed by atoms with van der Waals surface area (Å²) in [6.07, 6.45) is 0. The van der Waals surface area contributed by atoms with Gasteiger partial charge in [-0.25, -0.2) is 0 Å². The molecule has 0 saturated carbocycles. The van der Waals surface area contributed by atoms with Gasteiger partial charge in [0, 0.05) is 5.56 Å². The first-order valence-corrected chi connectivity index (χ1v) is 8.68. The van der Waals surface area contributed by atoms with Crippen LogP contribution in [0.25, 0.3) is 0 Å². The van der Waals surface area contributed by atoms with Gasteiger partial charge in [0.25, 0.3) is 0 Å². The Morgan fingerprint density at radius 1 is 0.957 bits per heavy atom. The van der Waals surface area contributed by atoms with Gasteiger partial charge in [-0.2, -0.15) is 0 Å². The molecule has 2 rings (SSSR count). The number of aryl methyl sites for hydroxylation is 3. The van der Waals surface area contributed by atoms with Crippen molar-refractivity contribution in [2.75, 3.05) is 0 Å². The number of carbonyl (C=O) groups excluding carboxylic acids is 1. The Morgan fingerprint density at radius 2 is 1.43 bits per heavy atom. The monoisotopic (exact) mass is 320 g/mol. The van der Waals surface area contributed by atoms with Crippen molar-refractivity contribution in [3.05, 3.63) is 64.2 Å². The maximum Gasteiger partial charge on any atom is 1.00 e. The minimum absolute atomic E-state index is 0. The number of hydrogen-bond acceptors (Lipinski definition) is 1. The molecular weight excluding hydrogens is 294 g/mol. The third-order valence-electron chi connectivity index (χ3n) is 3.94. The predicted molar refractivity (Wildman–Crippen MR) is 99.2 cm³/mol. The van der Waals surface area contributed by atoms with E-state index in [9.17, 15) is 4.79 Å². The Balaban J connectivity index is 0.00000264. The number of hydrogen-bond donors (Lipinski definition) is 0. The largest absolute Gasteiger partial charge is 1.00 e. The van der Waals surface area contributed by atoms with Gasteiger partial charge in [0.15, 0.2) is 5.52 Å². The van der Waals surface area contributed by atoms with Gasteiger partial charge >= 0.3 is 18.9 Å². The van der Waals surface area contributed by atoms with Crippen LogP contribution in [0.4, 0.5) is 0 Å². The molecule has 0 aliphatic carbocycles. The second kappa shape index (κ2) is 7.81. The summed E-state index contributed by atoms with van der Waals surface area (Å²) in [7, 11) is 0.189. The fourth-order valence-corrected chi connectivity index (χ4v) is 3.70. The molecular formula is C20H26LiOP. The van der Waals surface area contributed by atoms with Crippen LogP contribution >= 0.6 is 8.58 Å². The standard InChI is InChI=1S/C20H25OP.Li.H/c1-13-7-9-17(10-8-13)22-19(21)18-14(2)11-16(12-15(18)3)20(4,5)6;;/h7-12,22H,1-6H3;;/q;+1;-1. The van der Waals surface area contributed by atoms with Gasteiger partial charge < -0.3 is 1.43 Å². The molecule has 0 aliphatic rings. The summed E-state index contributed by atoms with van der Waals surface area (Å²) in [5.41, 5.74) is 5.94. The molecule has 0 N–H and O–H groups in total. The third kappa shape index (κ3) is 5.05. The van der Waals surface area contributed by atoms with E-state index in [1.165, 1.54) is 11.1 Å². The molecule has 2 aromatic rings. The van der Waals surface area contributed by atoms with E-state index in [2.05, 4.69) is 77.9 Å². The van der Waals surface area contributed by atoms with Crippen LogP contribution < -0.4 is 24.2 Å². The van der Waals surface area contributed by atoms with Crippen molar-refractivity contribution in [1.82, 2.24) is 0 Å². The summed E-state index contributed by atoms with van der Waals surface area (Å²) >= 11 is 0. The fraction of sp³-hybridized carbons (Fsp3) is 0.350. The molecule has 0 aliphatic heterocycles. The molecule has 0 amide bonds. The van der Waals surface area contributed by atoms with Gasteiger partial charge in [0.2, 0.25) is 0 Å². The van der Waals surface area contributed by atoms with Crippen molar-refractivity contribution < 1.29 is 25.1 Å². The van der Waals surface area contributed by atoms with Crippen LogP contribution in [-0.4, -0.2) is 5.52 Å². The Hall–Kier alpha value is -0.863. The van der Waals surface area contributed by atoms with Crippen molar-refractivity contribution in [1.29, 1.82) is 0 Å². The Bertz CT molecular complexity index is 680. The van der Waals surface area contributed by atoms with Gasteiger partial charge in [0.05, 0.1) is 0 Å². The molecule has 0 spiro atoms. The molecule has 118 valence electrons. The molecule has 0 fully saturated rings. The summed E-state index contributed by atoms with van der Waals surface area (Å²) in [5.74, 6) is 0. The summed E-state index contributed by atoms with van der Waals surface area (Å²) in [5, 5.41) is 1.11. The molecule has 2 aromatic carbocycles.